The first-order chi connectivity index (χ1) is 12.7. The van der Waals surface area contributed by atoms with Crippen molar-refractivity contribution in [3.8, 4) is 0 Å². The normalized spacial score (nSPS) is 21.8. The van der Waals surface area contributed by atoms with Gasteiger partial charge in [-0.2, -0.15) is 0 Å². The van der Waals surface area contributed by atoms with Gasteiger partial charge >= 0.3 is 5.97 Å². The Morgan fingerprint density at radius 2 is 2.08 bits per heavy atom. The molecule has 1 aliphatic heterocycles. The van der Waals surface area contributed by atoms with Gasteiger partial charge in [-0.3, -0.25) is 9.59 Å². The summed E-state index contributed by atoms with van der Waals surface area (Å²) in [5, 5.41) is 3.01. The number of aryl methyl sites for hydroxylation is 1. The van der Waals surface area contributed by atoms with E-state index in [1.165, 1.54) is 0 Å². The van der Waals surface area contributed by atoms with E-state index in [0.717, 1.165) is 61.8 Å². The molecule has 1 atom stereocenters. The molecule has 6 heteroatoms. The van der Waals surface area contributed by atoms with Crippen LogP contribution in [0.5, 0.6) is 0 Å². The molecule has 2 heterocycles. The summed E-state index contributed by atoms with van der Waals surface area (Å²) in [6.07, 6.45) is 6.65. The van der Waals surface area contributed by atoms with E-state index in [9.17, 15) is 9.59 Å². The van der Waals surface area contributed by atoms with Crippen molar-refractivity contribution >= 4 is 22.9 Å². The lowest BCUT2D eigenvalue weighted by atomic mass is 9.75. The molecule has 1 saturated carbocycles. The summed E-state index contributed by atoms with van der Waals surface area (Å²) in [6, 6.07) is 7.95. The summed E-state index contributed by atoms with van der Waals surface area (Å²) in [7, 11) is 0. The lowest BCUT2D eigenvalue weighted by Gasteiger charge is -2.36. The van der Waals surface area contributed by atoms with Crippen LogP contribution in [0, 0.1) is 5.92 Å². The van der Waals surface area contributed by atoms with Crippen LogP contribution in [0.2, 0.25) is 0 Å². The van der Waals surface area contributed by atoms with Crippen molar-refractivity contribution < 1.29 is 14.3 Å². The second kappa shape index (κ2) is 7.09. The van der Waals surface area contributed by atoms with Gasteiger partial charge in [0, 0.05) is 13.0 Å². The Morgan fingerprint density at radius 3 is 2.88 bits per heavy atom. The van der Waals surface area contributed by atoms with Crippen molar-refractivity contribution in [1.29, 1.82) is 0 Å². The van der Waals surface area contributed by atoms with Gasteiger partial charge < -0.3 is 15.0 Å². The minimum atomic E-state index is -0.543. The Labute approximate surface area is 152 Å². The summed E-state index contributed by atoms with van der Waals surface area (Å²) in [6.45, 7) is 0.580. The van der Waals surface area contributed by atoms with Crippen LogP contribution in [0.4, 0.5) is 0 Å². The van der Waals surface area contributed by atoms with Crippen LogP contribution in [-0.2, 0) is 20.7 Å². The zero-order valence-electron chi connectivity index (χ0n) is 14.9. The molecule has 6 nitrogen and oxygen atoms in total. The number of H-pyrrole nitrogens is 1. The summed E-state index contributed by atoms with van der Waals surface area (Å²) >= 11 is 0. The molecule has 2 fully saturated rings. The number of nitrogens with one attached hydrogen (secondary N) is 2. The molecular weight excluding hydrogens is 330 g/mol. The molecule has 138 valence electrons. The van der Waals surface area contributed by atoms with Gasteiger partial charge in [0.05, 0.1) is 23.4 Å². The van der Waals surface area contributed by atoms with Gasteiger partial charge in [0.2, 0.25) is 5.91 Å². The number of aromatic nitrogens is 2. The highest BCUT2D eigenvalue weighted by molar-refractivity contribution is 5.87. The van der Waals surface area contributed by atoms with Crippen molar-refractivity contribution in [3.05, 3.63) is 30.1 Å². The number of esters is 1. The maximum atomic E-state index is 12.6. The van der Waals surface area contributed by atoms with E-state index >= 15 is 0 Å². The number of benzene rings is 1. The van der Waals surface area contributed by atoms with Crippen LogP contribution in [-0.4, -0.2) is 34.0 Å². The van der Waals surface area contributed by atoms with E-state index in [1.54, 1.807) is 0 Å². The van der Waals surface area contributed by atoms with Crippen LogP contribution < -0.4 is 5.32 Å². The van der Waals surface area contributed by atoms with Gasteiger partial charge in [-0.15, -0.1) is 0 Å². The topological polar surface area (TPSA) is 84.1 Å². The molecule has 1 aromatic carbocycles. The highest BCUT2D eigenvalue weighted by atomic mass is 16.6. The van der Waals surface area contributed by atoms with Gasteiger partial charge in [-0.25, -0.2) is 4.98 Å². The minimum absolute atomic E-state index is 0.0395. The van der Waals surface area contributed by atoms with E-state index in [4.69, 9.17) is 4.74 Å². The van der Waals surface area contributed by atoms with E-state index < -0.39 is 5.60 Å². The van der Waals surface area contributed by atoms with E-state index in [0.29, 0.717) is 6.54 Å². The second-order valence-electron chi connectivity index (χ2n) is 7.45. The molecule has 2 aromatic rings. The number of nitrogens with zero attached hydrogens (tertiary/aromatic N) is 1. The first kappa shape index (κ1) is 17.1. The molecule has 0 radical (unpaired) electrons. The molecule has 1 aromatic heterocycles. The second-order valence-corrected chi connectivity index (χ2v) is 7.45. The molecular formula is C20H25N3O3. The number of rotatable bonds is 5. The largest absolute Gasteiger partial charge is 0.458 e. The summed E-state index contributed by atoms with van der Waals surface area (Å²) in [5.41, 5.74) is 1.46. The fourth-order valence-corrected chi connectivity index (χ4v) is 4.34. The molecule has 1 amide bonds. The number of carbonyl (C=O) groups is 2. The van der Waals surface area contributed by atoms with Gasteiger partial charge in [-0.05, 0) is 44.2 Å². The average Bonchev–Trinajstić information content (AvgIpc) is 3.19. The number of aromatic amines is 1. The maximum absolute atomic E-state index is 12.6. The molecule has 4 rings (SSSR count). The number of hydrogen-bond acceptors (Lipinski definition) is 4. The highest BCUT2D eigenvalue weighted by Gasteiger charge is 2.52. The average molecular weight is 355 g/mol. The fraction of sp³-hybridized carbons (Fsp3) is 0.550. The Morgan fingerprint density at radius 1 is 1.27 bits per heavy atom. The zero-order chi connectivity index (χ0) is 18.0. The fourth-order valence-electron chi connectivity index (χ4n) is 4.34. The maximum Gasteiger partial charge on any atom is 0.307 e. The zero-order valence-corrected chi connectivity index (χ0v) is 14.9. The predicted octanol–water partition coefficient (Wildman–Crippen LogP) is 2.88. The first-order valence-corrected chi connectivity index (χ1v) is 9.59. The molecule has 2 aliphatic rings. The Hall–Kier alpha value is -2.37. The molecule has 1 aliphatic carbocycles. The number of para-hydroxylation sites is 2. The molecule has 1 spiro atoms. The third-order valence-corrected chi connectivity index (χ3v) is 5.67. The smallest absolute Gasteiger partial charge is 0.307 e. The summed E-state index contributed by atoms with van der Waals surface area (Å²) in [4.78, 5) is 32.3. The van der Waals surface area contributed by atoms with Crippen LogP contribution in [0.15, 0.2) is 24.3 Å². The number of carbonyl (C=O) groups excluding carboxylic acids is 2. The number of ether oxygens (including phenoxy) is 1. The molecule has 1 saturated heterocycles. The van der Waals surface area contributed by atoms with Gasteiger partial charge in [-0.1, -0.05) is 18.6 Å². The van der Waals surface area contributed by atoms with Crippen LogP contribution >= 0.6 is 0 Å². The van der Waals surface area contributed by atoms with Gasteiger partial charge in [0.15, 0.2) is 0 Å². The molecule has 0 unspecified atom stereocenters. The van der Waals surface area contributed by atoms with Crippen molar-refractivity contribution in [3.63, 3.8) is 0 Å². The predicted molar refractivity (Wildman–Crippen MR) is 97.4 cm³/mol. The highest BCUT2D eigenvalue weighted by Crippen LogP contribution is 2.44. The number of imidazole rings is 1. The third-order valence-electron chi connectivity index (χ3n) is 5.67. The summed E-state index contributed by atoms with van der Waals surface area (Å²) < 4.78 is 5.62. The van der Waals surface area contributed by atoms with E-state index in [1.807, 2.05) is 24.3 Å². The Balaban J connectivity index is 1.30. The molecule has 26 heavy (non-hydrogen) atoms. The monoisotopic (exact) mass is 355 g/mol. The molecule has 0 bridgehead atoms. The van der Waals surface area contributed by atoms with E-state index in [-0.39, 0.29) is 24.2 Å². The minimum Gasteiger partial charge on any atom is -0.458 e. The quantitative estimate of drug-likeness (QED) is 0.638. The van der Waals surface area contributed by atoms with Crippen molar-refractivity contribution in [2.24, 2.45) is 5.92 Å². The Kier molecular flexibility index (Phi) is 4.66. The van der Waals surface area contributed by atoms with Gasteiger partial charge in [0.25, 0.3) is 0 Å². The van der Waals surface area contributed by atoms with Crippen LogP contribution in [0.1, 0.15) is 50.8 Å². The van der Waals surface area contributed by atoms with Crippen molar-refractivity contribution in [1.82, 2.24) is 15.3 Å². The van der Waals surface area contributed by atoms with Crippen molar-refractivity contribution in [2.45, 2.75) is 57.0 Å². The molecule has 2 N–H and O–H groups in total. The number of fused-ring (bicyclic) bond motifs is 1. The first-order valence-electron chi connectivity index (χ1n) is 9.59. The van der Waals surface area contributed by atoms with E-state index in [2.05, 4.69) is 15.3 Å². The van der Waals surface area contributed by atoms with Crippen LogP contribution in [0.25, 0.3) is 11.0 Å². The lowest BCUT2D eigenvalue weighted by molar-refractivity contribution is -0.153. The third kappa shape index (κ3) is 3.32. The van der Waals surface area contributed by atoms with Crippen LogP contribution in [0.3, 0.4) is 0 Å². The SMILES string of the molecule is O=C1C[C@@H](C(=O)NCCCc2nc3ccccc3[nH]2)C2(CCCCC2)O1. The standard InChI is InChI=1S/C20H25N3O3/c24-18-13-14(20(26-18)10-4-1-5-11-20)19(25)21-12-6-9-17-22-15-7-2-3-8-16(15)23-17/h2-3,7-8,14H,1,4-6,9-13H2,(H,21,25)(H,22,23)/t14-/m0/s1. The van der Waals surface area contributed by atoms with Gasteiger partial charge in [0.1, 0.15) is 11.4 Å². The number of hydrogen-bond donors (Lipinski definition) is 2. The lowest BCUT2D eigenvalue weighted by Crippen LogP contribution is -2.46. The van der Waals surface area contributed by atoms with Crippen molar-refractivity contribution in [2.75, 3.05) is 6.54 Å². The number of amides is 1. The Bertz CT molecular complexity index is 774. The summed E-state index contributed by atoms with van der Waals surface area (Å²) in [5.74, 6) is 0.335.